The minimum atomic E-state index is -4.19. The van der Waals surface area contributed by atoms with Gasteiger partial charge in [0, 0.05) is 0 Å². The summed E-state index contributed by atoms with van der Waals surface area (Å²) in [6, 6.07) is 0.818. The van der Waals surface area contributed by atoms with Gasteiger partial charge in [-0.05, 0) is 6.07 Å². The molecule has 0 fully saturated rings. The maximum Gasteiger partial charge on any atom is 0.282 e. The SMILES string of the molecule is Nc1c(S(N)(=O)=O)cc(Cl)nc1C(F)F. The van der Waals surface area contributed by atoms with Gasteiger partial charge in [0.05, 0.1) is 5.69 Å². The van der Waals surface area contributed by atoms with Crippen molar-refractivity contribution in [1.29, 1.82) is 0 Å². The number of alkyl halides is 2. The van der Waals surface area contributed by atoms with E-state index < -0.39 is 37.9 Å². The van der Waals surface area contributed by atoms with E-state index in [0.29, 0.717) is 0 Å². The molecule has 9 heteroatoms. The monoisotopic (exact) mass is 257 g/mol. The number of primary sulfonamides is 1. The van der Waals surface area contributed by atoms with E-state index in [0.717, 1.165) is 6.07 Å². The molecule has 0 bridgehead atoms. The molecule has 0 atom stereocenters. The summed E-state index contributed by atoms with van der Waals surface area (Å²) < 4.78 is 46.6. The fraction of sp³-hybridized carbons (Fsp3) is 0.167. The third-order valence-corrected chi connectivity index (χ3v) is 2.68. The highest BCUT2D eigenvalue weighted by Gasteiger charge is 2.22. The van der Waals surface area contributed by atoms with Gasteiger partial charge in [-0.1, -0.05) is 11.6 Å². The van der Waals surface area contributed by atoms with Crippen LogP contribution >= 0.6 is 11.6 Å². The molecule has 84 valence electrons. The fourth-order valence-electron chi connectivity index (χ4n) is 0.921. The second kappa shape index (κ2) is 3.87. The first-order valence-electron chi connectivity index (χ1n) is 3.50. The van der Waals surface area contributed by atoms with Gasteiger partial charge in [0.2, 0.25) is 10.0 Å². The molecule has 0 amide bonds. The zero-order valence-electron chi connectivity index (χ0n) is 7.12. The Bertz CT molecular complexity index is 491. The van der Waals surface area contributed by atoms with Gasteiger partial charge in [-0.15, -0.1) is 0 Å². The molecule has 0 saturated carbocycles. The van der Waals surface area contributed by atoms with E-state index in [1.54, 1.807) is 0 Å². The molecule has 1 aromatic rings. The average molecular weight is 258 g/mol. The van der Waals surface area contributed by atoms with Gasteiger partial charge in [0.1, 0.15) is 15.7 Å². The quantitative estimate of drug-likeness (QED) is 0.769. The lowest BCUT2D eigenvalue weighted by molar-refractivity contribution is 0.147. The minimum Gasteiger partial charge on any atom is -0.396 e. The van der Waals surface area contributed by atoms with Gasteiger partial charge in [-0.3, -0.25) is 0 Å². The fourth-order valence-corrected chi connectivity index (χ4v) is 1.87. The van der Waals surface area contributed by atoms with Crippen molar-refractivity contribution < 1.29 is 17.2 Å². The molecule has 15 heavy (non-hydrogen) atoms. The molecular weight excluding hydrogens is 252 g/mol. The van der Waals surface area contributed by atoms with E-state index in [1.165, 1.54) is 0 Å². The molecule has 1 aromatic heterocycles. The van der Waals surface area contributed by atoms with E-state index in [9.17, 15) is 17.2 Å². The smallest absolute Gasteiger partial charge is 0.282 e. The third kappa shape index (κ3) is 2.52. The van der Waals surface area contributed by atoms with Crippen LogP contribution in [0.15, 0.2) is 11.0 Å². The summed E-state index contributed by atoms with van der Waals surface area (Å²) in [5.74, 6) is 0. The molecule has 1 heterocycles. The summed E-state index contributed by atoms with van der Waals surface area (Å²) in [5.41, 5.74) is 3.60. The predicted molar refractivity (Wildman–Crippen MR) is 50.0 cm³/mol. The normalized spacial score (nSPS) is 12.1. The Balaban J connectivity index is 3.56. The van der Waals surface area contributed by atoms with Crippen molar-refractivity contribution in [3.63, 3.8) is 0 Å². The Hall–Kier alpha value is -0.990. The molecule has 4 N–H and O–H groups in total. The van der Waals surface area contributed by atoms with Crippen molar-refractivity contribution >= 4 is 27.3 Å². The van der Waals surface area contributed by atoms with Crippen LogP contribution in [0.25, 0.3) is 0 Å². The first-order valence-corrected chi connectivity index (χ1v) is 5.42. The Labute approximate surface area is 89.1 Å². The van der Waals surface area contributed by atoms with Gasteiger partial charge in [-0.2, -0.15) is 0 Å². The highest BCUT2D eigenvalue weighted by atomic mass is 35.5. The standard InChI is InChI=1S/C6H6ClF2N3O2S/c7-3-1-2(15(11,13)14)4(10)5(12-3)6(8)9/h1,6H,10H2,(H2,11,13,14). The molecule has 0 radical (unpaired) electrons. The van der Waals surface area contributed by atoms with Crippen LogP contribution in [-0.4, -0.2) is 13.4 Å². The molecular formula is C6H6ClF2N3O2S. The van der Waals surface area contributed by atoms with Crippen LogP contribution in [0.4, 0.5) is 14.5 Å². The Morgan fingerprint density at radius 1 is 1.47 bits per heavy atom. The van der Waals surface area contributed by atoms with Gasteiger partial charge >= 0.3 is 0 Å². The van der Waals surface area contributed by atoms with Crippen molar-refractivity contribution in [2.45, 2.75) is 11.3 Å². The number of nitrogens with two attached hydrogens (primary N) is 2. The van der Waals surface area contributed by atoms with Gasteiger partial charge in [0.15, 0.2) is 0 Å². The summed E-state index contributed by atoms with van der Waals surface area (Å²) in [6.45, 7) is 0. The Kier molecular flexibility index (Phi) is 3.12. The van der Waals surface area contributed by atoms with Crippen LogP contribution < -0.4 is 10.9 Å². The van der Waals surface area contributed by atoms with Crippen LogP contribution in [-0.2, 0) is 10.0 Å². The lowest BCUT2D eigenvalue weighted by Crippen LogP contribution is -2.16. The van der Waals surface area contributed by atoms with E-state index in [2.05, 4.69) is 4.98 Å². The van der Waals surface area contributed by atoms with Crippen LogP contribution in [0.2, 0.25) is 5.15 Å². The number of pyridine rings is 1. The second-order valence-electron chi connectivity index (χ2n) is 2.59. The van der Waals surface area contributed by atoms with E-state index >= 15 is 0 Å². The molecule has 5 nitrogen and oxygen atoms in total. The highest BCUT2D eigenvalue weighted by molar-refractivity contribution is 7.89. The summed E-state index contributed by atoms with van der Waals surface area (Å²) in [4.78, 5) is 2.56. The number of rotatable bonds is 2. The first-order chi connectivity index (χ1) is 6.73. The number of anilines is 1. The summed E-state index contributed by atoms with van der Waals surface area (Å²) in [6.07, 6.45) is -3.02. The van der Waals surface area contributed by atoms with Crippen LogP contribution in [0.1, 0.15) is 12.1 Å². The lowest BCUT2D eigenvalue weighted by atomic mass is 10.3. The number of aromatic nitrogens is 1. The molecule has 0 unspecified atom stereocenters. The van der Waals surface area contributed by atoms with Crippen molar-refractivity contribution in [3.8, 4) is 0 Å². The first kappa shape index (κ1) is 12.1. The molecule has 1 rings (SSSR count). The van der Waals surface area contributed by atoms with Crippen LogP contribution in [0, 0.1) is 0 Å². The number of sulfonamides is 1. The number of nitrogens with zero attached hydrogens (tertiary/aromatic N) is 1. The second-order valence-corrected chi connectivity index (χ2v) is 4.50. The Morgan fingerprint density at radius 2 is 2.00 bits per heavy atom. The zero-order valence-corrected chi connectivity index (χ0v) is 8.69. The molecule has 0 spiro atoms. The molecule has 0 aromatic carbocycles. The largest absolute Gasteiger partial charge is 0.396 e. The topological polar surface area (TPSA) is 99.1 Å². The molecule has 0 aliphatic heterocycles. The van der Waals surface area contributed by atoms with Crippen molar-refractivity contribution in [1.82, 2.24) is 4.98 Å². The maximum absolute atomic E-state index is 12.3. The number of hydrogen-bond donors (Lipinski definition) is 2. The molecule has 0 aliphatic rings. The van der Waals surface area contributed by atoms with E-state index in [4.69, 9.17) is 22.5 Å². The van der Waals surface area contributed by atoms with Crippen LogP contribution in [0.5, 0.6) is 0 Å². The average Bonchev–Trinajstić information content (AvgIpc) is 2.06. The summed E-state index contributed by atoms with van der Waals surface area (Å²) in [5, 5.41) is 4.34. The van der Waals surface area contributed by atoms with Crippen molar-refractivity contribution in [3.05, 3.63) is 16.9 Å². The lowest BCUT2D eigenvalue weighted by Gasteiger charge is -2.08. The summed E-state index contributed by atoms with van der Waals surface area (Å²) in [7, 11) is -4.19. The Morgan fingerprint density at radius 3 is 2.40 bits per heavy atom. The van der Waals surface area contributed by atoms with Crippen molar-refractivity contribution in [2.24, 2.45) is 5.14 Å². The number of nitrogen functional groups attached to an aromatic ring is 1. The van der Waals surface area contributed by atoms with E-state index in [-0.39, 0.29) is 0 Å². The zero-order chi connectivity index (χ0) is 11.8. The number of hydrogen-bond acceptors (Lipinski definition) is 4. The van der Waals surface area contributed by atoms with Gasteiger partial charge in [0.25, 0.3) is 6.43 Å². The van der Waals surface area contributed by atoms with Crippen LogP contribution in [0.3, 0.4) is 0 Å². The molecule has 0 aliphatic carbocycles. The minimum absolute atomic E-state index is 0.413. The third-order valence-electron chi connectivity index (χ3n) is 1.53. The summed E-state index contributed by atoms with van der Waals surface area (Å²) >= 11 is 5.35. The number of halogens is 3. The maximum atomic E-state index is 12.3. The molecule has 0 saturated heterocycles. The van der Waals surface area contributed by atoms with E-state index in [1.807, 2.05) is 0 Å². The van der Waals surface area contributed by atoms with Gasteiger partial charge < -0.3 is 5.73 Å². The van der Waals surface area contributed by atoms with Crippen molar-refractivity contribution in [2.75, 3.05) is 5.73 Å². The predicted octanol–water partition coefficient (Wildman–Crippen LogP) is 0.902. The van der Waals surface area contributed by atoms with Gasteiger partial charge in [-0.25, -0.2) is 27.3 Å². The highest BCUT2D eigenvalue weighted by Crippen LogP contribution is 2.29.